The zero-order valence-corrected chi connectivity index (χ0v) is 17.3. The third-order valence-electron chi connectivity index (χ3n) is 4.39. The summed E-state index contributed by atoms with van der Waals surface area (Å²) in [6, 6.07) is 9.83. The molecule has 1 saturated carbocycles. The van der Waals surface area contributed by atoms with Crippen LogP contribution in [0.25, 0.3) is 0 Å². The first-order valence-corrected chi connectivity index (χ1v) is 11.2. The second-order valence-corrected chi connectivity index (χ2v) is 9.30. The number of rotatable bonds is 6. The summed E-state index contributed by atoms with van der Waals surface area (Å²) in [4.78, 5) is 12.6. The van der Waals surface area contributed by atoms with Crippen molar-refractivity contribution in [2.75, 3.05) is 18.5 Å². The molecule has 2 aromatic carbocycles. The van der Waals surface area contributed by atoms with E-state index in [0.717, 1.165) is 22.9 Å². The molecule has 2 aromatic rings. The van der Waals surface area contributed by atoms with Crippen LogP contribution in [0.1, 0.15) is 18.4 Å². The van der Waals surface area contributed by atoms with Crippen LogP contribution >= 0.6 is 15.9 Å². The van der Waals surface area contributed by atoms with Gasteiger partial charge in [-0.2, -0.15) is 0 Å². The SMILES string of the molecule is O=C(Cc1cc2c(cc1Br)OCCO2)Nc1cccc(S(=O)(=O)NC2CC2)c1. The molecule has 0 spiro atoms. The van der Waals surface area contributed by atoms with Crippen molar-refractivity contribution in [2.24, 2.45) is 0 Å². The van der Waals surface area contributed by atoms with Gasteiger partial charge in [0.05, 0.1) is 11.3 Å². The Bertz CT molecular complexity index is 1020. The molecule has 1 aliphatic carbocycles. The predicted molar refractivity (Wildman–Crippen MR) is 107 cm³/mol. The van der Waals surface area contributed by atoms with Crippen molar-refractivity contribution in [2.45, 2.75) is 30.2 Å². The number of amides is 1. The van der Waals surface area contributed by atoms with E-state index in [1.165, 1.54) is 12.1 Å². The normalized spacial score (nSPS) is 15.9. The lowest BCUT2D eigenvalue weighted by molar-refractivity contribution is -0.115. The second-order valence-electron chi connectivity index (χ2n) is 6.74. The number of sulfonamides is 1. The van der Waals surface area contributed by atoms with Crippen LogP contribution in [0, 0.1) is 0 Å². The van der Waals surface area contributed by atoms with E-state index in [1.807, 2.05) is 0 Å². The summed E-state index contributed by atoms with van der Waals surface area (Å²) < 4.78 is 39.1. The lowest BCUT2D eigenvalue weighted by Gasteiger charge is -2.19. The fourth-order valence-electron chi connectivity index (χ4n) is 2.85. The van der Waals surface area contributed by atoms with Crippen LogP contribution < -0.4 is 19.5 Å². The molecule has 4 rings (SSSR count). The topological polar surface area (TPSA) is 93.7 Å². The minimum Gasteiger partial charge on any atom is -0.486 e. The molecule has 148 valence electrons. The van der Waals surface area contributed by atoms with Crippen molar-refractivity contribution in [3.8, 4) is 11.5 Å². The summed E-state index contributed by atoms with van der Waals surface area (Å²) in [6.07, 6.45) is 1.83. The molecule has 0 atom stereocenters. The molecule has 1 amide bonds. The summed E-state index contributed by atoms with van der Waals surface area (Å²) in [5.41, 5.74) is 1.18. The zero-order chi connectivity index (χ0) is 19.7. The van der Waals surface area contributed by atoms with Gasteiger partial charge < -0.3 is 14.8 Å². The Morgan fingerprint density at radius 2 is 1.82 bits per heavy atom. The van der Waals surface area contributed by atoms with Gasteiger partial charge in [0.2, 0.25) is 15.9 Å². The fourth-order valence-corrected chi connectivity index (χ4v) is 4.66. The van der Waals surface area contributed by atoms with Crippen molar-refractivity contribution in [3.63, 3.8) is 0 Å². The van der Waals surface area contributed by atoms with Crippen molar-refractivity contribution in [3.05, 3.63) is 46.4 Å². The minimum absolute atomic E-state index is 0.0239. The summed E-state index contributed by atoms with van der Waals surface area (Å²) in [5.74, 6) is 0.988. The van der Waals surface area contributed by atoms with Crippen LogP contribution in [0.3, 0.4) is 0 Å². The Morgan fingerprint density at radius 3 is 2.54 bits per heavy atom. The van der Waals surface area contributed by atoms with E-state index in [0.29, 0.717) is 30.4 Å². The number of fused-ring (bicyclic) bond motifs is 1. The van der Waals surface area contributed by atoms with E-state index in [4.69, 9.17) is 9.47 Å². The van der Waals surface area contributed by atoms with Gasteiger partial charge in [-0.25, -0.2) is 13.1 Å². The first kappa shape index (κ1) is 19.2. The molecule has 28 heavy (non-hydrogen) atoms. The molecule has 0 bridgehead atoms. The van der Waals surface area contributed by atoms with Gasteiger partial charge >= 0.3 is 0 Å². The number of carbonyl (C=O) groups excluding carboxylic acids is 1. The van der Waals surface area contributed by atoms with Gasteiger partial charge in [-0.05, 0) is 48.7 Å². The van der Waals surface area contributed by atoms with Crippen LogP contribution in [0.15, 0.2) is 45.8 Å². The first-order valence-electron chi connectivity index (χ1n) is 8.91. The summed E-state index contributed by atoms with van der Waals surface area (Å²) in [5, 5.41) is 2.76. The Labute approximate surface area is 171 Å². The van der Waals surface area contributed by atoms with E-state index < -0.39 is 10.0 Å². The Kier molecular flexibility index (Phi) is 5.31. The minimum atomic E-state index is -3.57. The van der Waals surface area contributed by atoms with E-state index in [-0.39, 0.29) is 23.3 Å². The van der Waals surface area contributed by atoms with Gasteiger partial charge in [-0.1, -0.05) is 22.0 Å². The molecule has 2 N–H and O–H groups in total. The maximum Gasteiger partial charge on any atom is 0.240 e. The van der Waals surface area contributed by atoms with Gasteiger partial charge in [0.15, 0.2) is 11.5 Å². The van der Waals surface area contributed by atoms with Crippen LogP contribution in [0.2, 0.25) is 0 Å². The Hall–Kier alpha value is -2.10. The third-order valence-corrected chi connectivity index (χ3v) is 6.65. The molecule has 0 unspecified atom stereocenters. The number of anilines is 1. The highest BCUT2D eigenvalue weighted by Gasteiger charge is 2.28. The average molecular weight is 467 g/mol. The molecule has 1 aliphatic heterocycles. The fraction of sp³-hybridized carbons (Fsp3) is 0.316. The van der Waals surface area contributed by atoms with Crippen molar-refractivity contribution >= 4 is 37.5 Å². The van der Waals surface area contributed by atoms with Crippen molar-refractivity contribution in [1.29, 1.82) is 0 Å². The molecule has 0 radical (unpaired) electrons. The zero-order valence-electron chi connectivity index (χ0n) is 14.9. The number of ether oxygens (including phenoxy) is 2. The summed E-state index contributed by atoms with van der Waals surface area (Å²) in [7, 11) is -3.57. The lowest BCUT2D eigenvalue weighted by Crippen LogP contribution is -2.25. The van der Waals surface area contributed by atoms with Gasteiger partial charge in [-0.15, -0.1) is 0 Å². The lowest BCUT2D eigenvalue weighted by atomic mass is 10.1. The number of hydrogen-bond donors (Lipinski definition) is 2. The van der Waals surface area contributed by atoms with E-state index >= 15 is 0 Å². The Morgan fingerprint density at radius 1 is 1.11 bits per heavy atom. The van der Waals surface area contributed by atoms with Crippen LogP contribution in [-0.4, -0.2) is 33.6 Å². The quantitative estimate of drug-likeness (QED) is 0.682. The highest BCUT2D eigenvalue weighted by molar-refractivity contribution is 9.10. The highest BCUT2D eigenvalue weighted by atomic mass is 79.9. The third kappa shape index (κ3) is 4.48. The standard InChI is InChI=1S/C19H19BrN2O5S/c20-16-11-18-17(26-6-7-27-18)8-12(16)9-19(23)21-14-2-1-3-15(10-14)28(24,25)22-13-4-5-13/h1-3,8,10-11,13,22H,4-7,9H2,(H,21,23). The van der Waals surface area contributed by atoms with Gasteiger partial charge in [-0.3, -0.25) is 4.79 Å². The van der Waals surface area contributed by atoms with Gasteiger partial charge in [0.1, 0.15) is 13.2 Å². The maximum absolute atomic E-state index is 12.5. The van der Waals surface area contributed by atoms with Gasteiger partial charge in [0.25, 0.3) is 0 Å². The summed E-state index contributed by atoms with van der Waals surface area (Å²) in [6.45, 7) is 0.963. The molecule has 9 heteroatoms. The second kappa shape index (κ2) is 7.73. The maximum atomic E-state index is 12.5. The first-order chi connectivity index (χ1) is 13.4. The monoisotopic (exact) mass is 466 g/mol. The molecule has 7 nitrogen and oxygen atoms in total. The molecule has 0 saturated heterocycles. The van der Waals surface area contributed by atoms with E-state index in [2.05, 4.69) is 26.0 Å². The number of nitrogens with one attached hydrogen (secondary N) is 2. The predicted octanol–water partition coefficient (Wildman–Crippen LogP) is 2.84. The Balaban J connectivity index is 1.46. The van der Waals surface area contributed by atoms with Gasteiger partial charge in [0, 0.05) is 16.2 Å². The van der Waals surface area contributed by atoms with Crippen molar-refractivity contribution in [1.82, 2.24) is 4.72 Å². The number of hydrogen-bond acceptors (Lipinski definition) is 5. The molecule has 1 fully saturated rings. The largest absolute Gasteiger partial charge is 0.486 e. The van der Waals surface area contributed by atoms with Crippen LogP contribution in [-0.2, 0) is 21.2 Å². The van der Waals surface area contributed by atoms with E-state index in [9.17, 15) is 13.2 Å². The van der Waals surface area contributed by atoms with Crippen LogP contribution in [0.4, 0.5) is 5.69 Å². The van der Waals surface area contributed by atoms with E-state index in [1.54, 1.807) is 24.3 Å². The molecular formula is C19H19BrN2O5S. The smallest absolute Gasteiger partial charge is 0.240 e. The molecule has 0 aromatic heterocycles. The highest BCUT2D eigenvalue weighted by Crippen LogP contribution is 2.35. The molecule has 1 heterocycles. The molecular weight excluding hydrogens is 448 g/mol. The summed E-state index contributed by atoms with van der Waals surface area (Å²) >= 11 is 3.45. The number of benzene rings is 2. The number of carbonyl (C=O) groups is 1. The van der Waals surface area contributed by atoms with Crippen molar-refractivity contribution < 1.29 is 22.7 Å². The number of halogens is 1. The molecule has 2 aliphatic rings. The average Bonchev–Trinajstić information content (AvgIpc) is 3.46. The van der Waals surface area contributed by atoms with Crippen LogP contribution in [0.5, 0.6) is 11.5 Å².